The van der Waals surface area contributed by atoms with Crippen molar-refractivity contribution in [3.8, 4) is 0 Å². The molecule has 1 fully saturated rings. The molecule has 4 heteroatoms. The molecule has 0 saturated carbocycles. The molecule has 1 saturated heterocycles. The second-order valence-corrected chi connectivity index (χ2v) is 4.86. The van der Waals surface area contributed by atoms with E-state index in [2.05, 4.69) is 34.2 Å². The van der Waals surface area contributed by atoms with Gasteiger partial charge in [0.15, 0.2) is 6.35 Å². The van der Waals surface area contributed by atoms with E-state index in [-0.39, 0.29) is 12.3 Å². The fourth-order valence-electron chi connectivity index (χ4n) is 2.50. The largest absolute Gasteiger partial charge is 0.365 e. The molecule has 1 aliphatic heterocycles. The van der Waals surface area contributed by atoms with E-state index < -0.39 is 6.35 Å². The first-order valence-corrected chi connectivity index (χ1v) is 6.71. The molecule has 3 unspecified atom stereocenters. The normalized spacial score (nSPS) is 31.0. The van der Waals surface area contributed by atoms with Gasteiger partial charge in [0.1, 0.15) is 0 Å². The minimum Gasteiger partial charge on any atom is -0.365 e. The summed E-state index contributed by atoms with van der Waals surface area (Å²) in [5.74, 6) is 0. The SMILES string of the molecule is OC1NC(C2=CCCC=C2)NC(c2ccccc2)N1. The number of aliphatic hydroxyl groups excluding tert-OH is 1. The van der Waals surface area contributed by atoms with Crippen molar-refractivity contribution in [2.24, 2.45) is 0 Å². The highest BCUT2D eigenvalue weighted by molar-refractivity contribution is 5.29. The molecule has 0 aromatic heterocycles. The van der Waals surface area contributed by atoms with Crippen molar-refractivity contribution >= 4 is 0 Å². The first-order valence-electron chi connectivity index (χ1n) is 6.71. The highest BCUT2D eigenvalue weighted by Crippen LogP contribution is 2.19. The third kappa shape index (κ3) is 2.93. The van der Waals surface area contributed by atoms with Crippen LogP contribution in [0.5, 0.6) is 0 Å². The van der Waals surface area contributed by atoms with Gasteiger partial charge in [0.25, 0.3) is 0 Å². The molecule has 1 aromatic carbocycles. The summed E-state index contributed by atoms with van der Waals surface area (Å²) in [5.41, 5.74) is 2.31. The molecule has 3 rings (SSSR count). The van der Waals surface area contributed by atoms with Gasteiger partial charge in [0, 0.05) is 0 Å². The van der Waals surface area contributed by atoms with Crippen LogP contribution in [0.25, 0.3) is 0 Å². The molecular weight excluding hydrogens is 238 g/mol. The van der Waals surface area contributed by atoms with Gasteiger partial charge >= 0.3 is 0 Å². The van der Waals surface area contributed by atoms with E-state index in [1.165, 1.54) is 5.57 Å². The summed E-state index contributed by atoms with van der Waals surface area (Å²) >= 11 is 0. The molecule has 100 valence electrons. The van der Waals surface area contributed by atoms with Gasteiger partial charge in [-0.25, -0.2) is 0 Å². The van der Waals surface area contributed by atoms with E-state index >= 15 is 0 Å². The van der Waals surface area contributed by atoms with Crippen LogP contribution in [0.15, 0.2) is 54.1 Å². The zero-order valence-corrected chi connectivity index (χ0v) is 10.7. The van der Waals surface area contributed by atoms with E-state index in [9.17, 15) is 5.11 Å². The van der Waals surface area contributed by atoms with Crippen molar-refractivity contribution in [3.63, 3.8) is 0 Å². The van der Waals surface area contributed by atoms with Crippen LogP contribution in [0.1, 0.15) is 24.6 Å². The summed E-state index contributed by atoms with van der Waals surface area (Å²) in [5, 5.41) is 19.6. The maximum atomic E-state index is 9.93. The first-order chi connectivity index (χ1) is 9.33. The highest BCUT2D eigenvalue weighted by Gasteiger charge is 2.27. The number of aliphatic hydroxyl groups is 1. The highest BCUT2D eigenvalue weighted by atomic mass is 16.3. The predicted octanol–water partition coefficient (Wildman–Crippen LogP) is 1.35. The number of hydrogen-bond donors (Lipinski definition) is 4. The van der Waals surface area contributed by atoms with Gasteiger partial charge in [0.2, 0.25) is 0 Å². The van der Waals surface area contributed by atoms with Crippen molar-refractivity contribution in [1.29, 1.82) is 0 Å². The molecule has 1 heterocycles. The number of allylic oxidation sites excluding steroid dienone is 2. The summed E-state index contributed by atoms with van der Waals surface area (Å²) in [6.45, 7) is 0. The Kier molecular flexibility index (Phi) is 3.75. The minimum atomic E-state index is -0.715. The Balaban J connectivity index is 1.77. The van der Waals surface area contributed by atoms with Gasteiger partial charge in [-0.1, -0.05) is 48.6 Å². The van der Waals surface area contributed by atoms with Gasteiger partial charge < -0.3 is 5.11 Å². The average molecular weight is 257 g/mol. The topological polar surface area (TPSA) is 56.3 Å². The van der Waals surface area contributed by atoms with Crippen molar-refractivity contribution in [1.82, 2.24) is 16.0 Å². The summed E-state index contributed by atoms with van der Waals surface area (Å²) < 4.78 is 0. The van der Waals surface area contributed by atoms with Crippen molar-refractivity contribution in [2.75, 3.05) is 0 Å². The van der Waals surface area contributed by atoms with Crippen molar-refractivity contribution in [3.05, 3.63) is 59.7 Å². The zero-order chi connectivity index (χ0) is 13.1. The second kappa shape index (κ2) is 5.67. The Bertz CT molecular complexity index is 483. The van der Waals surface area contributed by atoms with Crippen LogP contribution < -0.4 is 16.0 Å². The van der Waals surface area contributed by atoms with Crippen molar-refractivity contribution < 1.29 is 5.11 Å². The quantitative estimate of drug-likeness (QED) is 0.646. The number of nitrogens with one attached hydrogen (secondary N) is 3. The fourth-order valence-corrected chi connectivity index (χ4v) is 2.50. The van der Waals surface area contributed by atoms with Crippen LogP contribution in [-0.4, -0.2) is 17.6 Å². The molecule has 0 amide bonds. The van der Waals surface area contributed by atoms with Crippen LogP contribution in [0.4, 0.5) is 0 Å². The van der Waals surface area contributed by atoms with Gasteiger partial charge in [-0.15, -0.1) is 0 Å². The Morgan fingerprint density at radius 3 is 2.47 bits per heavy atom. The maximum absolute atomic E-state index is 9.93. The molecular formula is C15H19N3O. The molecule has 1 aromatic rings. The Hall–Kier alpha value is -1.46. The second-order valence-electron chi connectivity index (χ2n) is 4.86. The molecule has 4 nitrogen and oxygen atoms in total. The Labute approximate surface area is 113 Å². The lowest BCUT2D eigenvalue weighted by Crippen LogP contribution is -2.63. The average Bonchev–Trinajstić information content (AvgIpc) is 2.48. The molecule has 0 spiro atoms. The van der Waals surface area contributed by atoms with E-state index in [1.807, 2.05) is 30.3 Å². The zero-order valence-electron chi connectivity index (χ0n) is 10.7. The lowest BCUT2D eigenvalue weighted by atomic mass is 10.0. The van der Waals surface area contributed by atoms with Gasteiger partial charge in [-0.05, 0) is 24.0 Å². The molecule has 3 atom stereocenters. The van der Waals surface area contributed by atoms with Gasteiger partial charge in [-0.2, -0.15) is 0 Å². The van der Waals surface area contributed by atoms with E-state index in [1.54, 1.807) is 0 Å². The molecule has 2 aliphatic rings. The molecule has 0 bridgehead atoms. The van der Waals surface area contributed by atoms with Crippen LogP contribution >= 0.6 is 0 Å². The third-order valence-electron chi connectivity index (χ3n) is 3.47. The molecule has 4 N–H and O–H groups in total. The summed E-state index contributed by atoms with van der Waals surface area (Å²) in [4.78, 5) is 0. The molecule has 1 aliphatic carbocycles. The molecule has 19 heavy (non-hydrogen) atoms. The van der Waals surface area contributed by atoms with E-state index in [4.69, 9.17) is 0 Å². The lowest BCUT2D eigenvalue weighted by Gasteiger charge is -2.37. The van der Waals surface area contributed by atoms with Crippen LogP contribution in [0.2, 0.25) is 0 Å². The minimum absolute atomic E-state index is 0.0296. The fraction of sp³-hybridized carbons (Fsp3) is 0.333. The summed E-state index contributed by atoms with van der Waals surface area (Å²) in [6, 6.07) is 10.1. The summed E-state index contributed by atoms with van der Waals surface area (Å²) in [6.07, 6.45) is 7.86. The van der Waals surface area contributed by atoms with Crippen LogP contribution in [0.3, 0.4) is 0 Å². The monoisotopic (exact) mass is 257 g/mol. The predicted molar refractivity (Wildman–Crippen MR) is 74.8 cm³/mol. The maximum Gasteiger partial charge on any atom is 0.163 e. The molecule has 0 radical (unpaired) electrons. The Morgan fingerprint density at radius 2 is 1.74 bits per heavy atom. The number of hydrogen-bond acceptors (Lipinski definition) is 4. The van der Waals surface area contributed by atoms with Crippen LogP contribution in [-0.2, 0) is 0 Å². The van der Waals surface area contributed by atoms with Crippen LogP contribution in [0, 0.1) is 0 Å². The summed E-state index contributed by atoms with van der Waals surface area (Å²) in [7, 11) is 0. The number of rotatable bonds is 2. The Morgan fingerprint density at radius 1 is 0.947 bits per heavy atom. The van der Waals surface area contributed by atoms with E-state index in [0.29, 0.717) is 0 Å². The number of benzene rings is 1. The smallest absolute Gasteiger partial charge is 0.163 e. The van der Waals surface area contributed by atoms with Gasteiger partial charge in [0.05, 0.1) is 12.3 Å². The van der Waals surface area contributed by atoms with E-state index in [0.717, 1.165) is 18.4 Å². The third-order valence-corrected chi connectivity index (χ3v) is 3.47. The van der Waals surface area contributed by atoms with Gasteiger partial charge in [-0.3, -0.25) is 16.0 Å². The first kappa shape index (κ1) is 12.6. The lowest BCUT2D eigenvalue weighted by molar-refractivity contribution is 0.0358. The standard InChI is InChI=1S/C15H19N3O/c19-15-17-13(11-7-3-1-4-8-11)16-14(18-15)12-9-5-2-6-10-12/h1,3-5,7-10,13-19H,2,6H2. The van der Waals surface area contributed by atoms with Crippen molar-refractivity contribution in [2.45, 2.75) is 31.5 Å².